The molecule has 0 bridgehead atoms. The lowest BCUT2D eigenvalue weighted by atomic mass is 9.49. The number of rotatable bonds is 8. The van der Waals surface area contributed by atoms with Crippen molar-refractivity contribution >= 4 is 45.9 Å². The highest BCUT2D eigenvalue weighted by molar-refractivity contribution is 9.10. The van der Waals surface area contributed by atoms with E-state index in [0.29, 0.717) is 55.0 Å². The summed E-state index contributed by atoms with van der Waals surface area (Å²) in [6, 6.07) is 50.3. The van der Waals surface area contributed by atoms with E-state index in [2.05, 4.69) is 71.7 Å². The fourth-order valence-electron chi connectivity index (χ4n) is 8.32. The van der Waals surface area contributed by atoms with Gasteiger partial charge in [-0.3, -0.25) is 9.97 Å². The summed E-state index contributed by atoms with van der Waals surface area (Å²) in [5.41, 5.74) is 3.25. The van der Waals surface area contributed by atoms with Crippen LogP contribution in [0.25, 0.3) is 79.5 Å². The maximum absolute atomic E-state index is 15.0. The molecule has 12 nitrogen and oxygen atoms in total. The predicted molar refractivity (Wildman–Crippen MR) is 327 cm³/mol. The summed E-state index contributed by atoms with van der Waals surface area (Å²) < 4.78 is 80.0. The van der Waals surface area contributed by atoms with Crippen molar-refractivity contribution in [1.29, 1.82) is 0 Å². The fraction of sp³-hybridized carbons (Fsp3) is 0.188. The van der Waals surface area contributed by atoms with Crippen molar-refractivity contribution in [3.63, 3.8) is 0 Å². The van der Waals surface area contributed by atoms with Gasteiger partial charge in [-0.1, -0.05) is 133 Å². The van der Waals surface area contributed by atoms with Crippen LogP contribution in [-0.4, -0.2) is 76.3 Å². The normalized spacial score (nSPS) is 15.2. The zero-order valence-electron chi connectivity index (χ0n) is 47.1. The van der Waals surface area contributed by atoms with Crippen molar-refractivity contribution in [1.82, 2.24) is 39.9 Å². The molecule has 84 heavy (non-hydrogen) atoms. The average Bonchev–Trinajstić information content (AvgIpc) is 2.57. The molecule has 2 fully saturated rings. The third kappa shape index (κ3) is 14.4. The molecule has 4 aromatic heterocycles. The Labute approximate surface area is 503 Å². The monoisotopic (exact) mass is 1260 g/mol. The third-order valence-electron chi connectivity index (χ3n) is 14.4. The summed E-state index contributed by atoms with van der Waals surface area (Å²) in [7, 11) is -0.952. The van der Waals surface area contributed by atoms with Gasteiger partial charge >= 0.3 is 14.0 Å². The summed E-state index contributed by atoms with van der Waals surface area (Å²) in [4.78, 5) is 35.1. The minimum atomic E-state index is -0.586. The van der Waals surface area contributed by atoms with Crippen molar-refractivity contribution < 1.29 is 36.2 Å². The highest BCUT2D eigenvalue weighted by Crippen LogP contribution is 2.43. The van der Waals surface area contributed by atoms with E-state index in [4.69, 9.17) is 18.6 Å². The van der Waals surface area contributed by atoms with Crippen LogP contribution in [0, 0.1) is 23.3 Å². The summed E-state index contributed by atoms with van der Waals surface area (Å²) in [5, 5.41) is 0. The molecule has 2 aliphatic rings. The van der Waals surface area contributed by atoms with Crippen LogP contribution in [0.5, 0.6) is 0 Å². The Hall–Kier alpha value is -7.71. The Balaban J connectivity index is 0.000000146. The van der Waals surface area contributed by atoms with Gasteiger partial charge in [0.05, 0.1) is 31.3 Å². The Morgan fingerprint density at radius 1 is 0.321 bits per heavy atom. The topological polar surface area (TPSA) is 140 Å². The number of hydrogen-bond donors (Lipinski definition) is 0. The molecule has 10 aromatic rings. The van der Waals surface area contributed by atoms with Gasteiger partial charge in [0.25, 0.3) is 0 Å². The van der Waals surface area contributed by atoms with E-state index < -0.39 is 25.7 Å². The Kier molecular flexibility index (Phi) is 18.9. The molecule has 20 heteroatoms. The zero-order chi connectivity index (χ0) is 59.8. The molecule has 0 N–H and O–H groups in total. The Bertz CT molecular complexity index is 3680. The number of hydrogen-bond acceptors (Lipinski definition) is 12. The number of aromatic nitrogens is 8. The van der Waals surface area contributed by atoms with E-state index in [1.807, 2.05) is 177 Å². The highest BCUT2D eigenvalue weighted by Gasteiger charge is 2.63. The van der Waals surface area contributed by atoms with Gasteiger partial charge in [0.1, 0.15) is 23.3 Å². The van der Waals surface area contributed by atoms with Gasteiger partial charge in [0.2, 0.25) is 0 Å². The SMILES string of the molecule is CC1(C)OB(B2OC(C)(C)C(C)(C)O2)OC1(C)C.Fc1cc(-c2nc(-c3ccccc3)nc(-c3ccccc3)n2)ccc1-c1cnccc1F.Fc1cc(-c2nc(-c3ccccc3)nc(-c3ccccc3)n2)ccc1Br.Fc1ccncc1Br. The van der Waals surface area contributed by atoms with Crippen LogP contribution in [0.3, 0.4) is 0 Å². The largest absolute Gasteiger partial charge is 0.488 e. The molecule has 6 aromatic carbocycles. The molecular weight excluding hydrogens is 1200 g/mol. The first-order valence-corrected chi connectivity index (χ1v) is 28.2. The highest BCUT2D eigenvalue weighted by atomic mass is 79.9. The molecule has 0 radical (unpaired) electrons. The van der Waals surface area contributed by atoms with Crippen LogP contribution in [0.4, 0.5) is 17.6 Å². The molecule has 0 amide bonds. The van der Waals surface area contributed by atoms with Gasteiger partial charge < -0.3 is 18.6 Å². The fourth-order valence-corrected chi connectivity index (χ4v) is 8.81. The number of halogens is 6. The molecule has 424 valence electrons. The summed E-state index contributed by atoms with van der Waals surface area (Å²) in [6.45, 7) is 16.2. The van der Waals surface area contributed by atoms with E-state index in [1.165, 1.54) is 55.1 Å². The van der Waals surface area contributed by atoms with E-state index >= 15 is 0 Å². The standard InChI is InChI=1S/C26H16F2N4.C21H13BrFN3.C12H24B2O4.C5H3BrFN/c27-22-13-14-29-16-21(22)20-12-11-19(15-23(20)28)26-31-24(17-7-3-1-4-8-17)30-25(32-26)18-9-5-2-6-10-18;22-17-12-11-16(13-18(17)23)21-25-19(14-7-3-1-4-8-14)24-20(26-21)15-9-5-2-6-10-15;1-9(2)10(3,4)16-13(15-9)14-17-11(5,6)12(7,8)18-14;6-4-3-8-2-1-5(4)7/h1-16H;1-13H;1-8H3;1-3H. The maximum atomic E-state index is 15.0. The van der Waals surface area contributed by atoms with Crippen molar-refractivity contribution in [2.24, 2.45) is 0 Å². The second-order valence-corrected chi connectivity index (χ2v) is 23.0. The first-order valence-electron chi connectivity index (χ1n) is 26.6. The molecule has 0 spiro atoms. The lowest BCUT2D eigenvalue weighted by molar-refractivity contribution is 0.00578. The number of pyridine rings is 2. The lowest BCUT2D eigenvalue weighted by Gasteiger charge is -2.32. The molecule has 6 heterocycles. The van der Waals surface area contributed by atoms with Crippen LogP contribution < -0.4 is 0 Å². The van der Waals surface area contributed by atoms with Gasteiger partial charge in [-0.25, -0.2) is 47.5 Å². The van der Waals surface area contributed by atoms with Crippen molar-refractivity contribution in [2.75, 3.05) is 0 Å². The van der Waals surface area contributed by atoms with Crippen molar-refractivity contribution in [2.45, 2.75) is 77.8 Å². The molecule has 0 atom stereocenters. The summed E-state index contributed by atoms with van der Waals surface area (Å²) in [6.07, 6.45) is 5.44. The number of nitrogens with zero attached hydrogens (tertiary/aromatic N) is 8. The quantitative estimate of drug-likeness (QED) is 0.106. The van der Waals surface area contributed by atoms with E-state index in [9.17, 15) is 17.6 Å². The smallest absolute Gasteiger partial charge is 0.405 e. The van der Waals surface area contributed by atoms with Crippen LogP contribution >= 0.6 is 31.9 Å². The molecule has 0 aliphatic carbocycles. The van der Waals surface area contributed by atoms with E-state index in [-0.39, 0.29) is 45.2 Å². The molecule has 2 saturated heterocycles. The maximum Gasteiger partial charge on any atom is 0.488 e. The van der Waals surface area contributed by atoms with E-state index in [1.54, 1.807) is 18.2 Å². The van der Waals surface area contributed by atoms with Crippen LogP contribution in [-0.2, 0) is 18.6 Å². The Morgan fingerprint density at radius 3 is 0.952 bits per heavy atom. The van der Waals surface area contributed by atoms with Crippen molar-refractivity contribution in [3.8, 4) is 79.5 Å². The first-order chi connectivity index (χ1) is 40.1. The van der Waals surface area contributed by atoms with Gasteiger partial charge in [0.15, 0.2) is 34.9 Å². The van der Waals surface area contributed by atoms with Gasteiger partial charge in [-0.05, 0) is 124 Å². The molecule has 0 unspecified atom stereocenters. The second-order valence-electron chi connectivity index (χ2n) is 21.3. The average molecular weight is 1260 g/mol. The molecule has 2 aliphatic heterocycles. The summed E-state index contributed by atoms with van der Waals surface area (Å²) >= 11 is 6.13. The third-order valence-corrected chi connectivity index (χ3v) is 15.6. The van der Waals surface area contributed by atoms with Crippen LogP contribution in [0.1, 0.15) is 55.4 Å². The van der Waals surface area contributed by atoms with Gasteiger partial charge in [-0.2, -0.15) is 0 Å². The van der Waals surface area contributed by atoms with Crippen LogP contribution in [0.2, 0.25) is 0 Å². The first kappa shape index (κ1) is 60.9. The van der Waals surface area contributed by atoms with Crippen molar-refractivity contribution in [3.05, 3.63) is 227 Å². The molecule has 0 saturated carbocycles. The second kappa shape index (κ2) is 26.1. The van der Waals surface area contributed by atoms with Gasteiger partial charge in [-0.15, -0.1) is 0 Å². The minimum absolute atomic E-state index is 0.0992. The Morgan fingerprint density at radius 2 is 0.643 bits per heavy atom. The van der Waals surface area contributed by atoms with Gasteiger partial charge in [0, 0.05) is 69.3 Å². The summed E-state index contributed by atoms with van der Waals surface area (Å²) in [5.74, 6) is 1.08. The molecule has 12 rings (SSSR count). The van der Waals surface area contributed by atoms with E-state index in [0.717, 1.165) is 22.3 Å². The number of benzene rings is 6. The molecular formula is C64H56B2Br2F4N8O4. The predicted octanol–water partition coefficient (Wildman–Crippen LogP) is 16.2. The minimum Gasteiger partial charge on any atom is -0.405 e. The van der Waals surface area contributed by atoms with Crippen LogP contribution in [0.15, 0.2) is 204 Å². The lowest BCUT2D eigenvalue weighted by Crippen LogP contribution is -2.41. The zero-order valence-corrected chi connectivity index (χ0v) is 50.3.